The summed E-state index contributed by atoms with van der Waals surface area (Å²) in [7, 11) is -4.04. The smallest absolute Gasteiger partial charge is 0.238 e. The van der Waals surface area contributed by atoms with E-state index in [-0.39, 0.29) is 10.6 Å². The standard InChI is InChI=1S/C25H29FN6O2S/c1-18-6-4-7-19(14-18)15-25-29-24(17-31(13-5-12-27)20-8-2-3-9-20)30-32(25)23-11-10-21(16-22(23)26)35(28,33)34/h4,6-7,10-11,14,16,20H,2-3,5,8-9,13,15,17H2,1H3,(H2,28,33,34). The minimum Gasteiger partial charge on any atom is -0.292 e. The topological polar surface area (TPSA) is 118 Å². The predicted octanol–water partition coefficient (Wildman–Crippen LogP) is 3.61. The normalized spacial score (nSPS) is 14.5. The van der Waals surface area contributed by atoms with Crippen molar-refractivity contribution in [3.05, 3.63) is 71.1 Å². The molecule has 0 unspecified atom stereocenters. The first-order valence-corrected chi connectivity index (χ1v) is 13.2. The monoisotopic (exact) mass is 496 g/mol. The Labute approximate surface area is 205 Å². The molecule has 0 spiro atoms. The van der Waals surface area contributed by atoms with Gasteiger partial charge in [0.25, 0.3) is 0 Å². The molecule has 1 aliphatic rings. The van der Waals surface area contributed by atoms with E-state index in [1.54, 1.807) is 0 Å². The van der Waals surface area contributed by atoms with Crippen LogP contribution in [0.25, 0.3) is 5.69 Å². The van der Waals surface area contributed by atoms with Crippen LogP contribution in [0.4, 0.5) is 4.39 Å². The zero-order chi connectivity index (χ0) is 25.0. The van der Waals surface area contributed by atoms with Crippen LogP contribution >= 0.6 is 0 Å². The van der Waals surface area contributed by atoms with Gasteiger partial charge in [-0.25, -0.2) is 27.6 Å². The van der Waals surface area contributed by atoms with E-state index in [1.165, 1.54) is 16.8 Å². The van der Waals surface area contributed by atoms with Crippen molar-refractivity contribution in [1.82, 2.24) is 19.7 Å². The zero-order valence-corrected chi connectivity index (χ0v) is 20.5. The molecule has 10 heteroatoms. The summed E-state index contributed by atoms with van der Waals surface area (Å²) in [6.07, 6.45) is 5.31. The van der Waals surface area contributed by atoms with Crippen LogP contribution in [0.3, 0.4) is 0 Å². The minimum absolute atomic E-state index is 0.100. The van der Waals surface area contributed by atoms with Gasteiger partial charge in [-0.2, -0.15) is 5.26 Å². The molecule has 1 aromatic heterocycles. The second kappa shape index (κ2) is 10.6. The highest BCUT2D eigenvalue weighted by atomic mass is 32.2. The van der Waals surface area contributed by atoms with Crippen LogP contribution in [0, 0.1) is 24.1 Å². The highest BCUT2D eigenvalue weighted by Crippen LogP contribution is 2.26. The average Bonchev–Trinajstić information content (AvgIpc) is 3.46. The van der Waals surface area contributed by atoms with E-state index in [4.69, 9.17) is 15.4 Å². The van der Waals surface area contributed by atoms with E-state index in [9.17, 15) is 8.42 Å². The quantitative estimate of drug-likeness (QED) is 0.484. The van der Waals surface area contributed by atoms with Crippen LogP contribution in [0.2, 0.25) is 0 Å². The lowest BCUT2D eigenvalue weighted by Gasteiger charge is -2.26. The third-order valence-corrected chi connectivity index (χ3v) is 7.25. The predicted molar refractivity (Wildman–Crippen MR) is 130 cm³/mol. The fourth-order valence-electron chi connectivity index (χ4n) is 4.64. The van der Waals surface area contributed by atoms with Gasteiger partial charge >= 0.3 is 0 Å². The second-order valence-corrected chi connectivity index (χ2v) is 10.6. The summed E-state index contributed by atoms with van der Waals surface area (Å²) in [5, 5.41) is 18.9. The summed E-state index contributed by atoms with van der Waals surface area (Å²) >= 11 is 0. The molecule has 1 fully saturated rings. The van der Waals surface area contributed by atoms with Gasteiger partial charge in [0.2, 0.25) is 10.0 Å². The van der Waals surface area contributed by atoms with Crippen molar-refractivity contribution in [2.24, 2.45) is 5.14 Å². The lowest BCUT2D eigenvalue weighted by molar-refractivity contribution is 0.189. The molecule has 1 saturated carbocycles. The average molecular weight is 497 g/mol. The number of aromatic nitrogens is 3. The lowest BCUT2D eigenvalue weighted by atomic mass is 10.1. The first-order chi connectivity index (χ1) is 16.7. The molecule has 4 rings (SSSR count). The van der Waals surface area contributed by atoms with E-state index in [1.807, 2.05) is 31.2 Å². The lowest BCUT2D eigenvalue weighted by Crippen LogP contribution is -2.34. The largest absolute Gasteiger partial charge is 0.292 e. The van der Waals surface area contributed by atoms with Crippen molar-refractivity contribution in [3.63, 3.8) is 0 Å². The molecule has 0 bridgehead atoms. The molecule has 1 aliphatic carbocycles. The highest BCUT2D eigenvalue weighted by molar-refractivity contribution is 7.89. The fourth-order valence-corrected chi connectivity index (χ4v) is 5.17. The zero-order valence-electron chi connectivity index (χ0n) is 19.7. The Morgan fingerprint density at radius 2 is 2.00 bits per heavy atom. The molecule has 2 aromatic carbocycles. The summed E-state index contributed by atoms with van der Waals surface area (Å²) < 4.78 is 39.8. The van der Waals surface area contributed by atoms with Crippen molar-refractivity contribution >= 4 is 10.0 Å². The number of sulfonamides is 1. The number of nitrogens with zero attached hydrogens (tertiary/aromatic N) is 5. The first kappa shape index (κ1) is 25.0. The number of rotatable bonds is 9. The van der Waals surface area contributed by atoms with E-state index in [2.05, 4.69) is 16.1 Å². The molecule has 3 aromatic rings. The fraction of sp³-hybridized carbons (Fsp3) is 0.400. The van der Waals surface area contributed by atoms with Crippen molar-refractivity contribution < 1.29 is 12.8 Å². The Balaban J connectivity index is 1.72. The Morgan fingerprint density at radius 3 is 2.66 bits per heavy atom. The summed E-state index contributed by atoms with van der Waals surface area (Å²) in [4.78, 5) is 6.70. The van der Waals surface area contributed by atoms with E-state index in [0.717, 1.165) is 42.9 Å². The van der Waals surface area contributed by atoms with Gasteiger partial charge in [-0.3, -0.25) is 4.90 Å². The van der Waals surface area contributed by atoms with Gasteiger partial charge in [0.1, 0.15) is 17.3 Å². The van der Waals surface area contributed by atoms with Crippen LogP contribution in [0.15, 0.2) is 47.4 Å². The number of primary sulfonamides is 1. The molecule has 0 aliphatic heterocycles. The number of hydrogen-bond acceptors (Lipinski definition) is 6. The molecule has 0 radical (unpaired) electrons. The van der Waals surface area contributed by atoms with Crippen molar-refractivity contribution in [1.29, 1.82) is 5.26 Å². The summed E-state index contributed by atoms with van der Waals surface area (Å²) in [5.41, 5.74) is 2.20. The van der Waals surface area contributed by atoms with Gasteiger partial charge in [-0.1, -0.05) is 42.7 Å². The molecule has 184 valence electrons. The maximum absolute atomic E-state index is 15.1. The summed E-state index contributed by atoms with van der Waals surface area (Å²) in [6, 6.07) is 14.1. The number of nitriles is 1. The SMILES string of the molecule is Cc1cccc(Cc2nc(CN(CCC#N)C3CCCC3)nn2-c2ccc(S(N)(=O)=O)cc2F)c1. The molecule has 35 heavy (non-hydrogen) atoms. The molecule has 2 N–H and O–H groups in total. The summed E-state index contributed by atoms with van der Waals surface area (Å²) in [6.45, 7) is 3.08. The molecule has 1 heterocycles. The molecule has 0 amide bonds. The number of hydrogen-bond donors (Lipinski definition) is 1. The Hall–Kier alpha value is -3.13. The number of benzene rings is 2. The van der Waals surface area contributed by atoms with Crippen LogP contribution in [-0.4, -0.2) is 40.7 Å². The molecular weight excluding hydrogens is 467 g/mol. The number of aryl methyl sites for hydroxylation is 1. The van der Waals surface area contributed by atoms with Crippen LogP contribution in [0.5, 0.6) is 0 Å². The van der Waals surface area contributed by atoms with Crippen LogP contribution in [0.1, 0.15) is 54.9 Å². The van der Waals surface area contributed by atoms with Gasteiger partial charge in [-0.05, 0) is 43.5 Å². The maximum Gasteiger partial charge on any atom is 0.238 e. The maximum atomic E-state index is 15.1. The Morgan fingerprint density at radius 1 is 1.23 bits per heavy atom. The molecule has 0 atom stereocenters. The van der Waals surface area contributed by atoms with Crippen molar-refractivity contribution in [3.8, 4) is 11.8 Å². The number of halogens is 1. The Bertz CT molecular complexity index is 1340. The van der Waals surface area contributed by atoms with Crippen LogP contribution in [-0.2, 0) is 23.0 Å². The van der Waals surface area contributed by atoms with Crippen LogP contribution < -0.4 is 5.14 Å². The molecule has 8 nitrogen and oxygen atoms in total. The second-order valence-electron chi connectivity index (χ2n) is 9.00. The molecular formula is C25H29FN6O2S. The van der Waals surface area contributed by atoms with Gasteiger partial charge < -0.3 is 0 Å². The number of nitrogens with two attached hydrogens (primary N) is 1. The first-order valence-electron chi connectivity index (χ1n) is 11.7. The Kier molecular flexibility index (Phi) is 7.60. The minimum atomic E-state index is -4.04. The van der Waals surface area contributed by atoms with Gasteiger partial charge in [-0.15, -0.1) is 5.10 Å². The third-order valence-electron chi connectivity index (χ3n) is 6.34. The van der Waals surface area contributed by atoms with Crippen molar-refractivity contribution in [2.75, 3.05) is 6.54 Å². The van der Waals surface area contributed by atoms with Gasteiger partial charge in [0.15, 0.2) is 5.82 Å². The molecule has 0 saturated heterocycles. The third kappa shape index (κ3) is 6.11. The summed E-state index contributed by atoms with van der Waals surface area (Å²) in [5.74, 6) is 0.322. The van der Waals surface area contributed by atoms with Gasteiger partial charge in [0, 0.05) is 25.4 Å². The van der Waals surface area contributed by atoms with E-state index in [0.29, 0.717) is 43.6 Å². The van der Waals surface area contributed by atoms with E-state index < -0.39 is 15.8 Å². The van der Waals surface area contributed by atoms with Crippen molar-refractivity contribution in [2.45, 2.75) is 62.9 Å². The van der Waals surface area contributed by atoms with E-state index >= 15 is 4.39 Å². The van der Waals surface area contributed by atoms with Gasteiger partial charge in [0.05, 0.1) is 17.5 Å². The highest BCUT2D eigenvalue weighted by Gasteiger charge is 2.25.